The Morgan fingerprint density at radius 2 is 2.12 bits per heavy atom. The number of fused-ring (bicyclic) bond motifs is 1. The fourth-order valence-electron chi connectivity index (χ4n) is 3.54. The Balaban J connectivity index is 0.00000169. The van der Waals surface area contributed by atoms with Crippen molar-refractivity contribution in [1.29, 1.82) is 0 Å². The van der Waals surface area contributed by atoms with E-state index in [0.717, 1.165) is 42.8 Å². The number of hydrogen-bond acceptors (Lipinski definition) is 4. The molecule has 6 nitrogen and oxygen atoms in total. The summed E-state index contributed by atoms with van der Waals surface area (Å²) < 4.78 is 1.90. The summed E-state index contributed by atoms with van der Waals surface area (Å²) in [4.78, 5) is 19.6. The Labute approximate surface area is 167 Å². The molecule has 8 heteroatoms. The molecule has 0 bridgehead atoms. The normalized spacial score (nSPS) is 17.1. The molecule has 1 unspecified atom stereocenters. The fraction of sp³-hybridized carbons (Fsp3) is 0.611. The molecule has 0 aromatic carbocycles. The second-order valence-electron chi connectivity index (χ2n) is 7.03. The first kappa shape index (κ1) is 22.7. The van der Waals surface area contributed by atoms with Gasteiger partial charge in [0.1, 0.15) is 0 Å². The van der Waals surface area contributed by atoms with E-state index in [4.69, 9.17) is 0 Å². The summed E-state index contributed by atoms with van der Waals surface area (Å²) in [5, 5.41) is 8.56. The number of carbonyl (C=O) groups excluding carboxylic acids is 1. The summed E-state index contributed by atoms with van der Waals surface area (Å²) in [5.41, 5.74) is 2.34. The van der Waals surface area contributed by atoms with Crippen LogP contribution in [0.25, 0.3) is 11.0 Å². The van der Waals surface area contributed by atoms with Gasteiger partial charge in [-0.3, -0.25) is 4.79 Å². The summed E-state index contributed by atoms with van der Waals surface area (Å²) in [6, 6.07) is 2.20. The lowest BCUT2D eigenvalue weighted by Gasteiger charge is -2.33. The minimum atomic E-state index is 0. The van der Waals surface area contributed by atoms with E-state index in [1.54, 1.807) is 6.20 Å². The molecule has 0 radical (unpaired) electrons. The number of amides is 1. The van der Waals surface area contributed by atoms with Gasteiger partial charge >= 0.3 is 0 Å². The first-order valence-electron chi connectivity index (χ1n) is 8.80. The third kappa shape index (κ3) is 4.48. The molecule has 1 atom stereocenters. The van der Waals surface area contributed by atoms with Gasteiger partial charge in [0.2, 0.25) is 0 Å². The third-order valence-corrected chi connectivity index (χ3v) is 4.78. The van der Waals surface area contributed by atoms with Crippen LogP contribution >= 0.6 is 24.8 Å². The molecular weight excluding hydrogens is 373 g/mol. The van der Waals surface area contributed by atoms with Crippen LogP contribution in [0.4, 0.5) is 0 Å². The van der Waals surface area contributed by atoms with Crippen LogP contribution in [-0.4, -0.2) is 52.3 Å². The minimum Gasteiger partial charge on any atom is -0.338 e. The van der Waals surface area contributed by atoms with E-state index in [2.05, 4.69) is 29.2 Å². The van der Waals surface area contributed by atoms with Crippen molar-refractivity contribution >= 4 is 41.8 Å². The molecule has 2 aromatic heterocycles. The predicted molar refractivity (Wildman–Crippen MR) is 110 cm³/mol. The fourth-order valence-corrected chi connectivity index (χ4v) is 3.54. The van der Waals surface area contributed by atoms with Crippen molar-refractivity contribution in [2.75, 3.05) is 26.7 Å². The SMILES string of the molecule is CNCC1CCCN(C(=O)c2cc3cnn(C(C)C)c3nc2C)C1.Cl.Cl. The maximum absolute atomic E-state index is 13.0. The predicted octanol–water partition coefficient (Wildman–Crippen LogP) is 3.24. The number of halogens is 2. The highest BCUT2D eigenvalue weighted by Crippen LogP contribution is 2.23. The van der Waals surface area contributed by atoms with Crippen molar-refractivity contribution in [3.05, 3.63) is 23.5 Å². The topological polar surface area (TPSA) is 63.1 Å². The number of rotatable bonds is 4. The van der Waals surface area contributed by atoms with Crippen LogP contribution in [0, 0.1) is 12.8 Å². The maximum atomic E-state index is 13.0. The van der Waals surface area contributed by atoms with Gasteiger partial charge in [0.05, 0.1) is 17.5 Å². The molecule has 0 spiro atoms. The van der Waals surface area contributed by atoms with E-state index in [1.807, 2.05) is 29.6 Å². The molecule has 1 amide bonds. The van der Waals surface area contributed by atoms with Gasteiger partial charge in [-0.2, -0.15) is 5.10 Å². The summed E-state index contributed by atoms with van der Waals surface area (Å²) in [6.07, 6.45) is 4.05. The van der Waals surface area contributed by atoms with Crippen molar-refractivity contribution < 1.29 is 4.79 Å². The van der Waals surface area contributed by atoms with Crippen LogP contribution in [0.2, 0.25) is 0 Å². The van der Waals surface area contributed by atoms with Gasteiger partial charge in [-0.25, -0.2) is 9.67 Å². The average molecular weight is 402 g/mol. The van der Waals surface area contributed by atoms with Crippen LogP contribution in [0.15, 0.2) is 12.3 Å². The van der Waals surface area contributed by atoms with Crippen LogP contribution in [0.3, 0.4) is 0 Å². The largest absolute Gasteiger partial charge is 0.338 e. The standard InChI is InChI=1S/C18H27N5O.2ClH/c1-12(2)23-17-15(10-20-23)8-16(13(3)21-17)18(24)22-7-5-6-14(11-22)9-19-4;;/h8,10,12,14,19H,5-7,9,11H2,1-4H3;2*1H. The Morgan fingerprint density at radius 3 is 2.77 bits per heavy atom. The molecular formula is C18H29Cl2N5O. The maximum Gasteiger partial charge on any atom is 0.255 e. The monoisotopic (exact) mass is 401 g/mol. The van der Waals surface area contributed by atoms with Crippen LogP contribution in [-0.2, 0) is 0 Å². The number of aromatic nitrogens is 3. The zero-order valence-electron chi connectivity index (χ0n) is 15.9. The first-order valence-corrected chi connectivity index (χ1v) is 8.80. The van der Waals surface area contributed by atoms with E-state index in [0.29, 0.717) is 11.5 Å². The van der Waals surface area contributed by atoms with Crippen molar-refractivity contribution in [2.45, 2.75) is 39.7 Å². The molecule has 3 heterocycles. The Hall–Kier alpha value is -1.37. The zero-order chi connectivity index (χ0) is 17.3. The molecule has 1 fully saturated rings. The van der Waals surface area contributed by atoms with Gasteiger partial charge in [0, 0.05) is 24.5 Å². The van der Waals surface area contributed by atoms with E-state index in [-0.39, 0.29) is 36.8 Å². The summed E-state index contributed by atoms with van der Waals surface area (Å²) >= 11 is 0. The lowest BCUT2D eigenvalue weighted by atomic mass is 9.97. The summed E-state index contributed by atoms with van der Waals surface area (Å²) in [5.74, 6) is 0.633. The first-order chi connectivity index (χ1) is 11.5. The number of pyridine rings is 1. The smallest absolute Gasteiger partial charge is 0.255 e. The van der Waals surface area contributed by atoms with E-state index < -0.39 is 0 Å². The van der Waals surface area contributed by atoms with Crippen molar-refractivity contribution in [1.82, 2.24) is 25.0 Å². The molecule has 3 rings (SSSR count). The van der Waals surface area contributed by atoms with Crippen LogP contribution < -0.4 is 5.32 Å². The lowest BCUT2D eigenvalue weighted by Crippen LogP contribution is -2.42. The number of piperidine rings is 1. The molecule has 1 aliphatic heterocycles. The van der Waals surface area contributed by atoms with E-state index in [1.165, 1.54) is 6.42 Å². The molecule has 0 saturated carbocycles. The van der Waals surface area contributed by atoms with Crippen LogP contribution in [0.1, 0.15) is 48.8 Å². The van der Waals surface area contributed by atoms with Gasteiger partial charge < -0.3 is 10.2 Å². The van der Waals surface area contributed by atoms with Crippen molar-refractivity contribution in [2.24, 2.45) is 5.92 Å². The van der Waals surface area contributed by atoms with Crippen molar-refractivity contribution in [3.63, 3.8) is 0 Å². The number of nitrogens with zero attached hydrogens (tertiary/aromatic N) is 4. The Morgan fingerprint density at radius 1 is 1.38 bits per heavy atom. The number of nitrogens with one attached hydrogen (secondary N) is 1. The highest BCUT2D eigenvalue weighted by molar-refractivity contribution is 5.98. The quantitative estimate of drug-likeness (QED) is 0.853. The van der Waals surface area contributed by atoms with E-state index in [9.17, 15) is 4.79 Å². The van der Waals surface area contributed by atoms with Gasteiger partial charge in [-0.15, -0.1) is 24.8 Å². The van der Waals surface area contributed by atoms with E-state index >= 15 is 0 Å². The lowest BCUT2D eigenvalue weighted by molar-refractivity contribution is 0.0673. The van der Waals surface area contributed by atoms with Gasteiger partial charge in [-0.05, 0) is 59.2 Å². The average Bonchev–Trinajstić information content (AvgIpc) is 2.97. The van der Waals surface area contributed by atoms with Gasteiger partial charge in [0.25, 0.3) is 5.91 Å². The number of carbonyl (C=O) groups is 1. The minimum absolute atomic E-state index is 0. The molecule has 2 aromatic rings. The second-order valence-corrected chi connectivity index (χ2v) is 7.03. The highest BCUT2D eigenvalue weighted by Gasteiger charge is 2.26. The molecule has 1 N–H and O–H groups in total. The summed E-state index contributed by atoms with van der Waals surface area (Å²) in [7, 11) is 1.97. The third-order valence-electron chi connectivity index (χ3n) is 4.78. The number of hydrogen-bond donors (Lipinski definition) is 1. The molecule has 26 heavy (non-hydrogen) atoms. The molecule has 146 valence electrons. The molecule has 1 aliphatic rings. The van der Waals surface area contributed by atoms with Crippen LogP contribution in [0.5, 0.6) is 0 Å². The number of aryl methyl sites for hydroxylation is 1. The van der Waals surface area contributed by atoms with Crippen molar-refractivity contribution in [3.8, 4) is 0 Å². The Kier molecular flexibility index (Phi) is 8.31. The second kappa shape index (κ2) is 9.53. The van der Waals surface area contributed by atoms with Gasteiger partial charge in [0.15, 0.2) is 5.65 Å². The zero-order valence-corrected chi connectivity index (χ0v) is 17.5. The Bertz CT molecular complexity index is 745. The van der Waals surface area contributed by atoms with Gasteiger partial charge in [-0.1, -0.05) is 0 Å². The highest BCUT2D eigenvalue weighted by atomic mass is 35.5. The molecule has 0 aliphatic carbocycles. The summed E-state index contributed by atoms with van der Waals surface area (Å²) in [6.45, 7) is 8.70. The molecule has 1 saturated heterocycles. The number of likely N-dealkylation sites (tertiary alicyclic amines) is 1.